The standard InChI is InChI=1S/C21H21ClN4O5S2/c22-15-3-6-17(7-4-15)33(30,31)13-1-2-20(27)24-9-11-25(12-10-24)21-23-18-8-5-16(26(28)29)14-19(18)32-21/h3-8,14H,1-2,9-13H2. The number of nitrogens with zero attached hydrogens (tertiary/aromatic N) is 4. The van der Waals surface area contributed by atoms with Gasteiger partial charge in [-0.05, 0) is 36.8 Å². The number of piperazine rings is 1. The topological polar surface area (TPSA) is 114 Å². The molecule has 0 N–H and O–H groups in total. The average Bonchev–Trinajstić information content (AvgIpc) is 3.22. The molecule has 9 nitrogen and oxygen atoms in total. The van der Waals surface area contributed by atoms with Gasteiger partial charge in [-0.2, -0.15) is 0 Å². The number of nitro benzene ring substituents is 1. The van der Waals surface area contributed by atoms with Crippen LogP contribution in [0.3, 0.4) is 0 Å². The van der Waals surface area contributed by atoms with Gasteiger partial charge in [0.2, 0.25) is 5.91 Å². The number of halogens is 1. The van der Waals surface area contributed by atoms with Crippen molar-refractivity contribution in [2.24, 2.45) is 0 Å². The molecule has 1 aromatic heterocycles. The maximum atomic E-state index is 12.6. The maximum Gasteiger partial charge on any atom is 0.270 e. The lowest BCUT2D eigenvalue weighted by atomic mass is 10.2. The third-order valence-electron chi connectivity index (χ3n) is 5.45. The molecule has 12 heteroatoms. The molecule has 4 rings (SSSR count). The van der Waals surface area contributed by atoms with E-state index in [0.717, 1.165) is 9.83 Å². The Morgan fingerprint density at radius 2 is 1.82 bits per heavy atom. The van der Waals surface area contributed by atoms with Crippen molar-refractivity contribution in [3.05, 3.63) is 57.6 Å². The van der Waals surface area contributed by atoms with Crippen LogP contribution < -0.4 is 4.90 Å². The van der Waals surface area contributed by atoms with Gasteiger partial charge >= 0.3 is 0 Å². The zero-order valence-corrected chi connectivity index (χ0v) is 19.9. The van der Waals surface area contributed by atoms with E-state index in [1.165, 1.54) is 47.7 Å². The molecule has 2 heterocycles. The second kappa shape index (κ2) is 9.62. The summed E-state index contributed by atoms with van der Waals surface area (Å²) in [4.78, 5) is 31.7. The summed E-state index contributed by atoms with van der Waals surface area (Å²) in [6, 6.07) is 10.6. The number of anilines is 1. The lowest BCUT2D eigenvalue weighted by molar-refractivity contribution is -0.384. The number of nitro groups is 1. The van der Waals surface area contributed by atoms with E-state index in [4.69, 9.17) is 11.6 Å². The molecule has 1 aliphatic rings. The van der Waals surface area contributed by atoms with Gasteiger partial charge in [0.25, 0.3) is 5.69 Å². The molecule has 0 unspecified atom stereocenters. The van der Waals surface area contributed by atoms with E-state index >= 15 is 0 Å². The van der Waals surface area contributed by atoms with Crippen LogP contribution in [-0.2, 0) is 14.6 Å². The highest BCUT2D eigenvalue weighted by molar-refractivity contribution is 7.91. The smallest absolute Gasteiger partial charge is 0.270 e. The average molecular weight is 509 g/mol. The number of amides is 1. The number of hydrogen-bond acceptors (Lipinski definition) is 8. The Balaban J connectivity index is 1.29. The number of sulfone groups is 1. The molecular weight excluding hydrogens is 488 g/mol. The fraction of sp³-hybridized carbons (Fsp3) is 0.333. The first-order chi connectivity index (χ1) is 15.7. The Morgan fingerprint density at radius 1 is 1.12 bits per heavy atom. The summed E-state index contributed by atoms with van der Waals surface area (Å²) in [7, 11) is -3.46. The van der Waals surface area contributed by atoms with Crippen LogP contribution in [0.1, 0.15) is 12.8 Å². The largest absolute Gasteiger partial charge is 0.345 e. The summed E-state index contributed by atoms with van der Waals surface area (Å²) in [6.45, 7) is 2.21. The van der Waals surface area contributed by atoms with Crippen molar-refractivity contribution in [2.75, 3.05) is 36.8 Å². The van der Waals surface area contributed by atoms with Gasteiger partial charge in [0.05, 0.1) is 25.8 Å². The van der Waals surface area contributed by atoms with Crippen LogP contribution in [-0.4, -0.2) is 61.1 Å². The van der Waals surface area contributed by atoms with Crippen LogP contribution in [0.4, 0.5) is 10.8 Å². The van der Waals surface area contributed by atoms with Crippen molar-refractivity contribution >= 4 is 59.7 Å². The van der Waals surface area contributed by atoms with Crippen LogP contribution in [0.25, 0.3) is 10.2 Å². The number of benzene rings is 2. The molecule has 0 spiro atoms. The Morgan fingerprint density at radius 3 is 2.48 bits per heavy atom. The molecule has 1 aliphatic heterocycles. The SMILES string of the molecule is O=C(CCCS(=O)(=O)c1ccc(Cl)cc1)N1CCN(c2nc3ccc([N+](=O)[O-])cc3s2)CC1. The zero-order chi connectivity index (χ0) is 23.6. The molecule has 1 fully saturated rings. The highest BCUT2D eigenvalue weighted by Crippen LogP contribution is 2.32. The van der Waals surface area contributed by atoms with Crippen molar-refractivity contribution in [3.63, 3.8) is 0 Å². The highest BCUT2D eigenvalue weighted by Gasteiger charge is 2.24. The van der Waals surface area contributed by atoms with Gasteiger partial charge in [0.1, 0.15) is 0 Å². The molecule has 0 atom stereocenters. The van der Waals surface area contributed by atoms with Gasteiger partial charge in [0.15, 0.2) is 15.0 Å². The van der Waals surface area contributed by atoms with Gasteiger partial charge in [-0.3, -0.25) is 14.9 Å². The third kappa shape index (κ3) is 5.43. The molecule has 1 amide bonds. The number of aromatic nitrogens is 1. The number of carbonyl (C=O) groups is 1. The molecule has 3 aromatic rings. The predicted molar refractivity (Wildman–Crippen MR) is 128 cm³/mol. The van der Waals surface area contributed by atoms with Crippen molar-refractivity contribution < 1.29 is 18.1 Å². The van der Waals surface area contributed by atoms with Crippen LogP contribution in [0.15, 0.2) is 47.4 Å². The van der Waals surface area contributed by atoms with Gasteiger partial charge in [0, 0.05) is 49.8 Å². The van der Waals surface area contributed by atoms with Gasteiger partial charge in [-0.15, -0.1) is 0 Å². The molecule has 174 valence electrons. The van der Waals surface area contributed by atoms with E-state index in [2.05, 4.69) is 9.88 Å². The van der Waals surface area contributed by atoms with Crippen molar-refractivity contribution in [1.82, 2.24) is 9.88 Å². The Bertz CT molecular complexity index is 1290. The predicted octanol–water partition coefficient (Wildman–Crippen LogP) is 3.76. The van der Waals surface area contributed by atoms with E-state index in [-0.39, 0.29) is 35.1 Å². The summed E-state index contributed by atoms with van der Waals surface area (Å²) in [5.74, 6) is -0.168. The number of carbonyl (C=O) groups excluding carboxylic acids is 1. The number of non-ortho nitro benzene ring substituents is 1. The van der Waals surface area contributed by atoms with Gasteiger partial charge in [-0.25, -0.2) is 13.4 Å². The monoisotopic (exact) mass is 508 g/mol. The van der Waals surface area contributed by atoms with Crippen molar-refractivity contribution in [2.45, 2.75) is 17.7 Å². The second-order valence-electron chi connectivity index (χ2n) is 7.65. The second-order valence-corrected chi connectivity index (χ2v) is 11.2. The minimum Gasteiger partial charge on any atom is -0.345 e. The number of hydrogen-bond donors (Lipinski definition) is 0. The third-order valence-corrected chi connectivity index (χ3v) is 8.60. The van der Waals surface area contributed by atoms with Crippen molar-refractivity contribution in [1.29, 1.82) is 0 Å². The number of fused-ring (bicyclic) bond motifs is 1. The molecule has 33 heavy (non-hydrogen) atoms. The van der Waals surface area contributed by atoms with Crippen LogP contribution in [0.5, 0.6) is 0 Å². The number of rotatable bonds is 7. The Hall–Kier alpha value is -2.76. The summed E-state index contributed by atoms with van der Waals surface area (Å²) < 4.78 is 25.6. The molecular formula is C21H21ClN4O5S2. The first kappa shape index (κ1) is 23.4. The van der Waals surface area contributed by atoms with E-state index in [1.54, 1.807) is 11.0 Å². The van der Waals surface area contributed by atoms with E-state index < -0.39 is 14.8 Å². The summed E-state index contributed by atoms with van der Waals surface area (Å²) in [5, 5.41) is 12.2. The summed E-state index contributed by atoms with van der Waals surface area (Å²) in [5.41, 5.74) is 0.743. The Kier molecular flexibility index (Phi) is 6.82. The molecule has 0 radical (unpaired) electrons. The Labute approximate surface area is 199 Å². The fourth-order valence-electron chi connectivity index (χ4n) is 3.63. The molecule has 0 saturated carbocycles. The van der Waals surface area contributed by atoms with Gasteiger partial charge < -0.3 is 9.80 Å². The lowest BCUT2D eigenvalue weighted by Gasteiger charge is -2.34. The zero-order valence-electron chi connectivity index (χ0n) is 17.5. The molecule has 1 saturated heterocycles. The van der Waals surface area contributed by atoms with Crippen molar-refractivity contribution in [3.8, 4) is 0 Å². The minimum absolute atomic E-state index is 0.0335. The normalized spacial score (nSPS) is 14.6. The lowest BCUT2D eigenvalue weighted by Crippen LogP contribution is -2.48. The molecule has 0 bridgehead atoms. The maximum absolute atomic E-state index is 12.6. The summed E-state index contributed by atoms with van der Waals surface area (Å²) >= 11 is 7.20. The molecule has 2 aromatic carbocycles. The van der Waals surface area contributed by atoms with E-state index in [0.29, 0.717) is 36.7 Å². The number of thiazole rings is 1. The van der Waals surface area contributed by atoms with Crippen LogP contribution >= 0.6 is 22.9 Å². The molecule has 0 aliphatic carbocycles. The van der Waals surface area contributed by atoms with Gasteiger partial charge in [-0.1, -0.05) is 22.9 Å². The van der Waals surface area contributed by atoms with Crippen LogP contribution in [0.2, 0.25) is 5.02 Å². The highest BCUT2D eigenvalue weighted by atomic mass is 35.5. The van der Waals surface area contributed by atoms with E-state index in [9.17, 15) is 23.3 Å². The van der Waals surface area contributed by atoms with E-state index in [1.807, 2.05) is 0 Å². The minimum atomic E-state index is -3.46. The quantitative estimate of drug-likeness (QED) is 0.352. The summed E-state index contributed by atoms with van der Waals surface area (Å²) in [6.07, 6.45) is 0.415. The first-order valence-electron chi connectivity index (χ1n) is 10.3. The van der Waals surface area contributed by atoms with Crippen LogP contribution in [0, 0.1) is 10.1 Å². The fourth-order valence-corrected chi connectivity index (χ4v) is 6.12. The first-order valence-corrected chi connectivity index (χ1v) is 13.1.